The van der Waals surface area contributed by atoms with E-state index in [0.29, 0.717) is 11.4 Å². The molecule has 0 saturated carbocycles. The molecular formula is C23H18N4O2. The molecule has 0 radical (unpaired) electrons. The zero-order valence-electron chi connectivity index (χ0n) is 15.8. The molecule has 1 aliphatic rings. The van der Waals surface area contributed by atoms with Crippen molar-refractivity contribution in [3.8, 4) is 16.9 Å². The standard InChI is InChI=1S/C23H18N4O2/c1-14(15-5-3-2-4-6-15)27-23-18-9-16(7-8-19(18)25-13-26-23)17-10-21-20(24-12-17)11-22(28)29-21/h2-10,12-14H,11H2,1H3,(H,25,26,27). The van der Waals surface area contributed by atoms with Crippen LogP contribution in [0.4, 0.5) is 5.82 Å². The first kappa shape index (κ1) is 17.3. The fraction of sp³-hybridized carbons (Fsp3) is 0.130. The third-order valence-corrected chi connectivity index (χ3v) is 5.09. The number of carbonyl (C=O) groups is 1. The first-order chi connectivity index (χ1) is 14.2. The number of carbonyl (C=O) groups excluding carboxylic acids is 1. The smallest absolute Gasteiger partial charge is 0.317 e. The van der Waals surface area contributed by atoms with E-state index in [1.165, 1.54) is 5.56 Å². The molecule has 0 bridgehead atoms. The molecule has 1 N–H and O–H groups in total. The van der Waals surface area contributed by atoms with E-state index < -0.39 is 0 Å². The van der Waals surface area contributed by atoms with Gasteiger partial charge in [-0.1, -0.05) is 36.4 Å². The van der Waals surface area contributed by atoms with Crippen molar-refractivity contribution in [1.82, 2.24) is 15.0 Å². The molecule has 4 aromatic rings. The predicted octanol–water partition coefficient (Wildman–Crippen LogP) is 4.33. The van der Waals surface area contributed by atoms with Crippen LogP contribution in [0.25, 0.3) is 22.0 Å². The summed E-state index contributed by atoms with van der Waals surface area (Å²) in [7, 11) is 0. The summed E-state index contributed by atoms with van der Waals surface area (Å²) < 4.78 is 5.24. The number of benzene rings is 2. The van der Waals surface area contributed by atoms with Gasteiger partial charge in [0.05, 0.1) is 17.6 Å². The van der Waals surface area contributed by atoms with Crippen LogP contribution in [-0.2, 0) is 11.2 Å². The second-order valence-corrected chi connectivity index (χ2v) is 7.05. The zero-order valence-corrected chi connectivity index (χ0v) is 15.8. The van der Waals surface area contributed by atoms with Crippen molar-refractivity contribution < 1.29 is 9.53 Å². The van der Waals surface area contributed by atoms with Gasteiger partial charge >= 0.3 is 5.97 Å². The molecule has 2 aromatic heterocycles. The molecule has 0 spiro atoms. The van der Waals surface area contributed by atoms with Crippen molar-refractivity contribution in [2.24, 2.45) is 0 Å². The van der Waals surface area contributed by atoms with Gasteiger partial charge < -0.3 is 10.1 Å². The largest absolute Gasteiger partial charge is 0.424 e. The highest BCUT2D eigenvalue weighted by Crippen LogP contribution is 2.32. The lowest BCUT2D eigenvalue weighted by Crippen LogP contribution is -2.08. The fourth-order valence-corrected chi connectivity index (χ4v) is 3.53. The van der Waals surface area contributed by atoms with Crippen molar-refractivity contribution in [2.45, 2.75) is 19.4 Å². The highest BCUT2D eigenvalue weighted by Gasteiger charge is 2.22. The molecule has 1 unspecified atom stereocenters. The Labute approximate surface area is 167 Å². The average molecular weight is 382 g/mol. The van der Waals surface area contributed by atoms with Gasteiger partial charge in [0.2, 0.25) is 0 Å². The minimum Gasteiger partial charge on any atom is -0.424 e. The molecule has 0 aliphatic carbocycles. The minimum absolute atomic E-state index is 0.0963. The second kappa shape index (κ2) is 6.98. The van der Waals surface area contributed by atoms with E-state index in [2.05, 4.69) is 39.3 Å². The Bertz CT molecular complexity index is 1220. The van der Waals surface area contributed by atoms with Gasteiger partial charge in [-0.25, -0.2) is 9.97 Å². The van der Waals surface area contributed by atoms with Crippen LogP contribution in [0.15, 0.2) is 67.1 Å². The van der Waals surface area contributed by atoms with Crippen LogP contribution in [0.2, 0.25) is 0 Å². The summed E-state index contributed by atoms with van der Waals surface area (Å²) in [6, 6.07) is 18.2. The number of ether oxygens (including phenoxy) is 1. The Hall–Kier alpha value is -3.80. The summed E-state index contributed by atoms with van der Waals surface area (Å²) in [5, 5.41) is 4.41. The number of aromatic nitrogens is 3. The molecule has 5 rings (SSSR count). The third-order valence-electron chi connectivity index (χ3n) is 5.09. The third kappa shape index (κ3) is 3.29. The number of pyridine rings is 1. The van der Waals surface area contributed by atoms with Crippen LogP contribution in [0, 0.1) is 0 Å². The van der Waals surface area contributed by atoms with Gasteiger partial charge in [-0.3, -0.25) is 9.78 Å². The first-order valence-electron chi connectivity index (χ1n) is 9.43. The molecule has 6 nitrogen and oxygen atoms in total. The molecule has 142 valence electrons. The summed E-state index contributed by atoms with van der Waals surface area (Å²) >= 11 is 0. The number of rotatable bonds is 4. The van der Waals surface area contributed by atoms with E-state index in [9.17, 15) is 4.79 Å². The van der Waals surface area contributed by atoms with Gasteiger partial charge in [-0.05, 0) is 36.2 Å². The average Bonchev–Trinajstić information content (AvgIpc) is 3.13. The number of hydrogen-bond acceptors (Lipinski definition) is 6. The molecule has 29 heavy (non-hydrogen) atoms. The van der Waals surface area contributed by atoms with E-state index in [0.717, 1.165) is 27.8 Å². The van der Waals surface area contributed by atoms with Crippen LogP contribution < -0.4 is 10.1 Å². The molecule has 6 heteroatoms. The Kier molecular flexibility index (Phi) is 4.17. The molecular weight excluding hydrogens is 364 g/mol. The maximum atomic E-state index is 11.5. The van der Waals surface area contributed by atoms with Crippen molar-refractivity contribution in [2.75, 3.05) is 5.32 Å². The van der Waals surface area contributed by atoms with Crippen LogP contribution in [0.3, 0.4) is 0 Å². The number of fused-ring (bicyclic) bond motifs is 2. The van der Waals surface area contributed by atoms with E-state index in [-0.39, 0.29) is 18.4 Å². The summed E-state index contributed by atoms with van der Waals surface area (Å²) in [6.45, 7) is 2.10. The van der Waals surface area contributed by atoms with E-state index in [1.807, 2.05) is 42.5 Å². The summed E-state index contributed by atoms with van der Waals surface area (Å²) in [6.07, 6.45) is 3.57. The summed E-state index contributed by atoms with van der Waals surface area (Å²) in [5.41, 5.74) is 4.56. The topological polar surface area (TPSA) is 77.0 Å². The predicted molar refractivity (Wildman–Crippen MR) is 111 cm³/mol. The summed E-state index contributed by atoms with van der Waals surface area (Å²) in [5.74, 6) is 1.04. The highest BCUT2D eigenvalue weighted by molar-refractivity contribution is 5.93. The molecule has 1 atom stereocenters. The van der Waals surface area contributed by atoms with Crippen molar-refractivity contribution in [1.29, 1.82) is 0 Å². The lowest BCUT2D eigenvalue weighted by atomic mass is 10.0. The first-order valence-corrected chi connectivity index (χ1v) is 9.43. The SMILES string of the molecule is CC(Nc1ncnc2ccc(-c3cnc4c(c3)OC(=O)C4)cc12)c1ccccc1. The van der Waals surface area contributed by atoms with Gasteiger partial charge in [0.25, 0.3) is 0 Å². The lowest BCUT2D eigenvalue weighted by Gasteiger charge is -2.16. The Morgan fingerprint density at radius 3 is 2.72 bits per heavy atom. The van der Waals surface area contributed by atoms with Gasteiger partial charge in [-0.15, -0.1) is 0 Å². The Morgan fingerprint density at radius 2 is 1.86 bits per heavy atom. The summed E-state index contributed by atoms with van der Waals surface area (Å²) in [4.78, 5) is 24.7. The zero-order chi connectivity index (χ0) is 19.8. The number of esters is 1. The quantitative estimate of drug-likeness (QED) is 0.530. The fourth-order valence-electron chi connectivity index (χ4n) is 3.53. The van der Waals surface area contributed by atoms with Crippen LogP contribution in [0.1, 0.15) is 24.2 Å². The molecule has 3 heterocycles. The number of anilines is 1. The Balaban J connectivity index is 1.52. The lowest BCUT2D eigenvalue weighted by molar-refractivity contribution is -0.131. The molecule has 1 aliphatic heterocycles. The van der Waals surface area contributed by atoms with Crippen molar-refractivity contribution in [3.05, 3.63) is 78.4 Å². The van der Waals surface area contributed by atoms with Gasteiger partial charge in [-0.2, -0.15) is 0 Å². The maximum Gasteiger partial charge on any atom is 0.317 e. The van der Waals surface area contributed by atoms with E-state index >= 15 is 0 Å². The molecule has 2 aromatic carbocycles. The van der Waals surface area contributed by atoms with Gasteiger partial charge in [0.15, 0.2) is 5.75 Å². The number of nitrogens with one attached hydrogen (secondary N) is 1. The van der Waals surface area contributed by atoms with Gasteiger partial charge in [0.1, 0.15) is 12.1 Å². The molecule has 0 saturated heterocycles. The molecule has 0 amide bonds. The number of nitrogens with zero attached hydrogens (tertiary/aromatic N) is 3. The minimum atomic E-state index is -0.266. The second-order valence-electron chi connectivity index (χ2n) is 7.05. The van der Waals surface area contributed by atoms with E-state index in [1.54, 1.807) is 12.5 Å². The molecule has 0 fully saturated rings. The van der Waals surface area contributed by atoms with Crippen molar-refractivity contribution in [3.63, 3.8) is 0 Å². The van der Waals surface area contributed by atoms with Crippen LogP contribution >= 0.6 is 0 Å². The normalized spacial score (nSPS) is 13.8. The maximum absolute atomic E-state index is 11.5. The Morgan fingerprint density at radius 1 is 1.00 bits per heavy atom. The van der Waals surface area contributed by atoms with E-state index in [4.69, 9.17) is 4.74 Å². The van der Waals surface area contributed by atoms with Crippen LogP contribution in [-0.4, -0.2) is 20.9 Å². The van der Waals surface area contributed by atoms with Crippen molar-refractivity contribution >= 4 is 22.7 Å². The monoisotopic (exact) mass is 382 g/mol. The van der Waals surface area contributed by atoms with Gasteiger partial charge in [0, 0.05) is 23.2 Å². The highest BCUT2D eigenvalue weighted by atomic mass is 16.5. The number of hydrogen-bond donors (Lipinski definition) is 1. The van der Waals surface area contributed by atoms with Crippen LogP contribution in [0.5, 0.6) is 5.75 Å².